The fourth-order valence-corrected chi connectivity index (χ4v) is 2.29. The number of carbonyl (C=O) groups excluding carboxylic acids is 1. The molecule has 19 heavy (non-hydrogen) atoms. The first-order chi connectivity index (χ1) is 9.22. The lowest BCUT2D eigenvalue weighted by Gasteiger charge is -2.20. The van der Waals surface area contributed by atoms with Gasteiger partial charge < -0.3 is 14.8 Å². The second kappa shape index (κ2) is 6.57. The monoisotopic (exact) mass is 263 g/mol. The third kappa shape index (κ3) is 3.47. The lowest BCUT2D eigenvalue weighted by Crippen LogP contribution is -2.37. The van der Waals surface area contributed by atoms with Gasteiger partial charge in [-0.2, -0.15) is 0 Å². The van der Waals surface area contributed by atoms with Crippen molar-refractivity contribution in [3.63, 3.8) is 0 Å². The highest BCUT2D eigenvalue weighted by Crippen LogP contribution is 2.31. The third-order valence-electron chi connectivity index (χ3n) is 3.29. The summed E-state index contributed by atoms with van der Waals surface area (Å²) in [5, 5.41) is 3.06. The van der Waals surface area contributed by atoms with Gasteiger partial charge in [-0.15, -0.1) is 0 Å². The van der Waals surface area contributed by atoms with Gasteiger partial charge in [0.05, 0.1) is 12.6 Å². The molecule has 1 aliphatic heterocycles. The fourth-order valence-electron chi connectivity index (χ4n) is 2.29. The van der Waals surface area contributed by atoms with Crippen LogP contribution in [0.25, 0.3) is 0 Å². The van der Waals surface area contributed by atoms with Gasteiger partial charge in [-0.1, -0.05) is 18.2 Å². The molecule has 0 saturated carbocycles. The van der Waals surface area contributed by atoms with Gasteiger partial charge in [-0.05, 0) is 32.8 Å². The molecule has 0 radical (unpaired) electrons. The first-order valence-electron chi connectivity index (χ1n) is 6.86. The Balaban J connectivity index is 2.09. The van der Waals surface area contributed by atoms with Crippen molar-refractivity contribution in [3.05, 3.63) is 29.8 Å². The van der Waals surface area contributed by atoms with E-state index in [1.165, 1.54) is 0 Å². The standard InChI is InChI=1S/C15H21NO3/c1-3-18-11(2)15(17)16-13-8-6-10-19-14-9-5-4-7-12(13)14/h4-5,7,9,11,13H,3,6,8,10H2,1-2H3,(H,16,17)/t11-,13-/m1/s1. The summed E-state index contributed by atoms with van der Waals surface area (Å²) in [6.45, 7) is 4.90. The zero-order valence-electron chi connectivity index (χ0n) is 11.5. The Hall–Kier alpha value is -1.55. The lowest BCUT2D eigenvalue weighted by molar-refractivity contribution is -0.132. The fraction of sp³-hybridized carbons (Fsp3) is 0.533. The molecule has 1 amide bonds. The topological polar surface area (TPSA) is 47.6 Å². The molecule has 0 aromatic heterocycles. The average molecular weight is 263 g/mol. The largest absolute Gasteiger partial charge is 0.493 e. The Kier molecular flexibility index (Phi) is 4.80. The van der Waals surface area contributed by atoms with Crippen molar-refractivity contribution in [3.8, 4) is 5.75 Å². The van der Waals surface area contributed by atoms with Crippen LogP contribution in [-0.2, 0) is 9.53 Å². The maximum atomic E-state index is 12.0. The van der Waals surface area contributed by atoms with E-state index in [2.05, 4.69) is 5.32 Å². The number of fused-ring (bicyclic) bond motifs is 1. The van der Waals surface area contributed by atoms with Crippen LogP contribution in [-0.4, -0.2) is 25.2 Å². The Bertz CT molecular complexity index is 433. The van der Waals surface area contributed by atoms with Crippen LogP contribution >= 0.6 is 0 Å². The molecule has 0 saturated heterocycles. The Morgan fingerprint density at radius 1 is 1.53 bits per heavy atom. The van der Waals surface area contributed by atoms with Crippen molar-refractivity contribution < 1.29 is 14.3 Å². The molecule has 2 atom stereocenters. The Labute approximate surface area is 114 Å². The highest BCUT2D eigenvalue weighted by molar-refractivity contribution is 5.80. The quantitative estimate of drug-likeness (QED) is 0.907. The van der Waals surface area contributed by atoms with E-state index in [4.69, 9.17) is 9.47 Å². The number of nitrogens with one attached hydrogen (secondary N) is 1. The van der Waals surface area contributed by atoms with Crippen molar-refractivity contribution in [2.45, 2.75) is 38.8 Å². The summed E-state index contributed by atoms with van der Waals surface area (Å²) in [5.74, 6) is 0.804. The summed E-state index contributed by atoms with van der Waals surface area (Å²) in [6.07, 6.45) is 1.41. The number of benzene rings is 1. The van der Waals surface area contributed by atoms with Crippen LogP contribution in [0.3, 0.4) is 0 Å². The molecule has 4 heteroatoms. The molecular weight excluding hydrogens is 242 g/mol. The van der Waals surface area contributed by atoms with E-state index in [1.54, 1.807) is 6.92 Å². The minimum atomic E-state index is -0.415. The minimum absolute atomic E-state index is 0.00843. The smallest absolute Gasteiger partial charge is 0.249 e. The van der Waals surface area contributed by atoms with E-state index < -0.39 is 6.10 Å². The van der Waals surface area contributed by atoms with Crippen LogP contribution < -0.4 is 10.1 Å². The zero-order chi connectivity index (χ0) is 13.7. The molecule has 1 heterocycles. The zero-order valence-corrected chi connectivity index (χ0v) is 11.5. The Morgan fingerprint density at radius 2 is 2.32 bits per heavy atom. The van der Waals surface area contributed by atoms with E-state index >= 15 is 0 Å². The van der Waals surface area contributed by atoms with Crippen LogP contribution in [0.4, 0.5) is 0 Å². The summed E-state index contributed by atoms with van der Waals surface area (Å²) in [5.41, 5.74) is 1.05. The van der Waals surface area contributed by atoms with Crippen LogP contribution in [0.2, 0.25) is 0 Å². The van der Waals surface area contributed by atoms with E-state index in [9.17, 15) is 4.79 Å². The summed E-state index contributed by atoms with van der Waals surface area (Å²) in [7, 11) is 0. The average Bonchev–Trinajstić information content (AvgIpc) is 2.62. The molecule has 0 bridgehead atoms. The predicted octanol–water partition coefficient (Wildman–Crippen LogP) is 2.44. The molecule has 0 fully saturated rings. The summed E-state index contributed by atoms with van der Waals surface area (Å²) >= 11 is 0. The van der Waals surface area contributed by atoms with E-state index in [0.717, 1.165) is 24.2 Å². The minimum Gasteiger partial charge on any atom is -0.493 e. The van der Waals surface area contributed by atoms with Crippen molar-refractivity contribution in [2.24, 2.45) is 0 Å². The predicted molar refractivity (Wildman–Crippen MR) is 73.1 cm³/mol. The number of amides is 1. The third-order valence-corrected chi connectivity index (χ3v) is 3.29. The number of ether oxygens (including phenoxy) is 2. The summed E-state index contributed by atoms with van der Waals surface area (Å²) in [6, 6.07) is 7.89. The molecule has 1 aromatic carbocycles. The normalized spacial score (nSPS) is 19.8. The van der Waals surface area contributed by atoms with Crippen molar-refractivity contribution >= 4 is 5.91 Å². The molecule has 4 nitrogen and oxygen atoms in total. The van der Waals surface area contributed by atoms with Crippen LogP contribution in [0.1, 0.15) is 38.3 Å². The number of hydrogen-bond donors (Lipinski definition) is 1. The SMILES string of the molecule is CCO[C@H](C)C(=O)N[C@@H]1CCCOc2ccccc21. The maximum absolute atomic E-state index is 12.0. The van der Waals surface area contributed by atoms with Gasteiger partial charge >= 0.3 is 0 Å². The molecule has 0 aliphatic carbocycles. The van der Waals surface area contributed by atoms with Gasteiger partial charge in [0.25, 0.3) is 0 Å². The molecule has 0 spiro atoms. The van der Waals surface area contributed by atoms with E-state index in [0.29, 0.717) is 13.2 Å². The second-order valence-electron chi connectivity index (χ2n) is 4.69. The van der Waals surface area contributed by atoms with E-state index in [1.807, 2.05) is 31.2 Å². The van der Waals surface area contributed by atoms with Gasteiger partial charge in [0, 0.05) is 12.2 Å². The highest BCUT2D eigenvalue weighted by atomic mass is 16.5. The lowest BCUT2D eigenvalue weighted by atomic mass is 10.0. The van der Waals surface area contributed by atoms with Gasteiger partial charge in [0.15, 0.2) is 0 Å². The highest BCUT2D eigenvalue weighted by Gasteiger charge is 2.23. The second-order valence-corrected chi connectivity index (χ2v) is 4.69. The molecule has 1 aromatic rings. The molecule has 104 valence electrons. The number of carbonyl (C=O) groups is 1. The maximum Gasteiger partial charge on any atom is 0.249 e. The van der Waals surface area contributed by atoms with Crippen LogP contribution in [0.5, 0.6) is 5.75 Å². The van der Waals surface area contributed by atoms with Crippen LogP contribution in [0.15, 0.2) is 24.3 Å². The molecule has 1 aliphatic rings. The molecule has 1 N–H and O–H groups in total. The first-order valence-corrected chi connectivity index (χ1v) is 6.86. The van der Waals surface area contributed by atoms with Crippen molar-refractivity contribution in [1.29, 1.82) is 0 Å². The summed E-state index contributed by atoms with van der Waals surface area (Å²) < 4.78 is 11.0. The number of hydrogen-bond acceptors (Lipinski definition) is 3. The van der Waals surface area contributed by atoms with Gasteiger partial charge in [0.1, 0.15) is 11.9 Å². The first kappa shape index (κ1) is 13.9. The molecule has 2 rings (SSSR count). The summed E-state index contributed by atoms with van der Waals surface area (Å²) in [4.78, 5) is 12.0. The Morgan fingerprint density at radius 3 is 3.11 bits per heavy atom. The van der Waals surface area contributed by atoms with Crippen molar-refractivity contribution in [2.75, 3.05) is 13.2 Å². The van der Waals surface area contributed by atoms with Crippen LogP contribution in [0, 0.1) is 0 Å². The number of rotatable bonds is 4. The van der Waals surface area contributed by atoms with Gasteiger partial charge in [-0.3, -0.25) is 4.79 Å². The van der Waals surface area contributed by atoms with Crippen molar-refractivity contribution in [1.82, 2.24) is 5.32 Å². The van der Waals surface area contributed by atoms with Gasteiger partial charge in [0.2, 0.25) is 5.91 Å². The van der Waals surface area contributed by atoms with Gasteiger partial charge in [-0.25, -0.2) is 0 Å². The van der Waals surface area contributed by atoms with E-state index in [-0.39, 0.29) is 11.9 Å². The number of para-hydroxylation sites is 1. The molecular formula is C15H21NO3. The molecule has 0 unspecified atom stereocenters.